The number of amides is 1. The molecule has 2 N–H and O–H groups in total. The van der Waals surface area contributed by atoms with E-state index in [1.54, 1.807) is 4.90 Å². The van der Waals surface area contributed by atoms with Gasteiger partial charge in [0, 0.05) is 23.5 Å². The van der Waals surface area contributed by atoms with Gasteiger partial charge in [0.1, 0.15) is 0 Å². The van der Waals surface area contributed by atoms with Gasteiger partial charge in [0.25, 0.3) is 5.91 Å². The van der Waals surface area contributed by atoms with E-state index in [0.717, 1.165) is 17.7 Å². The Balaban J connectivity index is 2.35. The highest BCUT2D eigenvalue weighted by molar-refractivity contribution is 6.06. The summed E-state index contributed by atoms with van der Waals surface area (Å²) >= 11 is 0. The zero-order valence-corrected chi connectivity index (χ0v) is 12.0. The van der Waals surface area contributed by atoms with Crippen LogP contribution in [0.3, 0.4) is 0 Å². The summed E-state index contributed by atoms with van der Waals surface area (Å²) in [6.07, 6.45) is 0.895. The van der Waals surface area contributed by atoms with Crippen LogP contribution in [0, 0.1) is 6.92 Å². The standard InChI is InChI=1S/C17H20N2O/c1-3-10-19(16-9-5-8-15(18)12-16)17(20)14-7-4-6-13(2)11-14/h4-9,11-12H,3,10,18H2,1-2H3. The maximum Gasteiger partial charge on any atom is 0.258 e. The lowest BCUT2D eigenvalue weighted by molar-refractivity contribution is 0.0987. The van der Waals surface area contributed by atoms with Gasteiger partial charge in [0.15, 0.2) is 0 Å². The van der Waals surface area contributed by atoms with Crippen LogP contribution >= 0.6 is 0 Å². The van der Waals surface area contributed by atoms with Gasteiger partial charge in [-0.1, -0.05) is 30.7 Å². The molecule has 0 aromatic heterocycles. The van der Waals surface area contributed by atoms with Gasteiger partial charge in [-0.25, -0.2) is 0 Å². The number of anilines is 2. The van der Waals surface area contributed by atoms with Crippen LogP contribution in [-0.2, 0) is 0 Å². The van der Waals surface area contributed by atoms with Crippen LogP contribution in [0.15, 0.2) is 48.5 Å². The molecule has 0 saturated heterocycles. The minimum atomic E-state index is 0.0150. The molecule has 0 fully saturated rings. The predicted octanol–water partition coefficient (Wildman–Crippen LogP) is 3.63. The summed E-state index contributed by atoms with van der Waals surface area (Å²) in [6.45, 7) is 4.72. The molecule has 2 aromatic rings. The molecule has 2 aromatic carbocycles. The number of carbonyl (C=O) groups is 1. The normalized spacial score (nSPS) is 10.3. The molecule has 20 heavy (non-hydrogen) atoms. The largest absolute Gasteiger partial charge is 0.399 e. The minimum absolute atomic E-state index is 0.0150. The van der Waals surface area contributed by atoms with Crippen LogP contribution in [0.1, 0.15) is 29.3 Å². The molecule has 1 amide bonds. The number of nitrogens with zero attached hydrogens (tertiary/aromatic N) is 1. The second-order valence-corrected chi connectivity index (χ2v) is 4.92. The van der Waals surface area contributed by atoms with Gasteiger partial charge in [-0.3, -0.25) is 4.79 Å². The van der Waals surface area contributed by atoms with Gasteiger partial charge in [-0.2, -0.15) is 0 Å². The first-order chi connectivity index (χ1) is 9.61. The maximum atomic E-state index is 12.7. The smallest absolute Gasteiger partial charge is 0.258 e. The van der Waals surface area contributed by atoms with Gasteiger partial charge in [0.05, 0.1) is 0 Å². The molecule has 3 heteroatoms. The molecule has 0 radical (unpaired) electrons. The van der Waals surface area contributed by atoms with Gasteiger partial charge >= 0.3 is 0 Å². The Bertz CT molecular complexity index is 607. The fraction of sp³-hybridized carbons (Fsp3) is 0.235. The lowest BCUT2D eigenvalue weighted by Gasteiger charge is -2.23. The van der Waals surface area contributed by atoms with Crippen molar-refractivity contribution in [2.45, 2.75) is 20.3 Å². The molecular formula is C17H20N2O. The number of benzene rings is 2. The van der Waals surface area contributed by atoms with Crippen molar-refractivity contribution in [2.75, 3.05) is 17.2 Å². The quantitative estimate of drug-likeness (QED) is 0.861. The Morgan fingerprint density at radius 2 is 1.90 bits per heavy atom. The zero-order valence-electron chi connectivity index (χ0n) is 12.0. The van der Waals surface area contributed by atoms with Crippen molar-refractivity contribution in [1.82, 2.24) is 0 Å². The maximum absolute atomic E-state index is 12.7. The summed E-state index contributed by atoms with van der Waals surface area (Å²) in [5, 5.41) is 0. The van der Waals surface area contributed by atoms with Crippen molar-refractivity contribution >= 4 is 17.3 Å². The molecule has 0 spiro atoms. The fourth-order valence-corrected chi connectivity index (χ4v) is 2.20. The molecule has 0 aliphatic heterocycles. The lowest BCUT2D eigenvalue weighted by Crippen LogP contribution is -2.31. The van der Waals surface area contributed by atoms with Gasteiger partial charge in [-0.05, 0) is 43.7 Å². The number of nitrogens with two attached hydrogens (primary N) is 1. The van der Waals surface area contributed by atoms with Gasteiger partial charge in [-0.15, -0.1) is 0 Å². The molecule has 0 aliphatic rings. The topological polar surface area (TPSA) is 46.3 Å². The Kier molecular flexibility index (Phi) is 4.41. The second-order valence-electron chi connectivity index (χ2n) is 4.92. The molecule has 0 bridgehead atoms. The van der Waals surface area contributed by atoms with Crippen LogP contribution in [0.4, 0.5) is 11.4 Å². The summed E-state index contributed by atoms with van der Waals surface area (Å²) in [6, 6.07) is 15.1. The molecule has 0 saturated carbocycles. The Labute approximate surface area is 120 Å². The lowest BCUT2D eigenvalue weighted by atomic mass is 10.1. The summed E-state index contributed by atoms with van der Waals surface area (Å²) in [5.41, 5.74) is 9.12. The van der Waals surface area contributed by atoms with Gasteiger partial charge < -0.3 is 10.6 Å². The van der Waals surface area contributed by atoms with Crippen molar-refractivity contribution in [2.24, 2.45) is 0 Å². The second kappa shape index (κ2) is 6.24. The van der Waals surface area contributed by atoms with E-state index in [0.29, 0.717) is 17.8 Å². The molecule has 3 nitrogen and oxygen atoms in total. The monoisotopic (exact) mass is 268 g/mol. The van der Waals surface area contributed by atoms with E-state index < -0.39 is 0 Å². The number of aryl methyl sites for hydroxylation is 1. The molecule has 2 rings (SSSR count). The van der Waals surface area contributed by atoms with E-state index in [4.69, 9.17) is 5.73 Å². The first-order valence-corrected chi connectivity index (χ1v) is 6.86. The first-order valence-electron chi connectivity index (χ1n) is 6.86. The van der Waals surface area contributed by atoms with Crippen LogP contribution < -0.4 is 10.6 Å². The van der Waals surface area contributed by atoms with E-state index in [2.05, 4.69) is 6.92 Å². The van der Waals surface area contributed by atoms with E-state index in [1.165, 1.54) is 0 Å². The van der Waals surface area contributed by atoms with Crippen molar-refractivity contribution < 1.29 is 4.79 Å². The van der Waals surface area contributed by atoms with Crippen LogP contribution in [-0.4, -0.2) is 12.5 Å². The number of rotatable bonds is 4. The van der Waals surface area contributed by atoms with Gasteiger partial charge in [0.2, 0.25) is 0 Å². The third-order valence-electron chi connectivity index (χ3n) is 3.14. The van der Waals surface area contributed by atoms with Crippen LogP contribution in [0.25, 0.3) is 0 Å². The number of hydrogen-bond donors (Lipinski definition) is 1. The molecule has 0 aliphatic carbocycles. The predicted molar refractivity (Wildman–Crippen MR) is 84.0 cm³/mol. The van der Waals surface area contributed by atoms with Crippen molar-refractivity contribution in [3.8, 4) is 0 Å². The number of hydrogen-bond acceptors (Lipinski definition) is 2. The molecule has 104 valence electrons. The average Bonchev–Trinajstić information content (AvgIpc) is 2.44. The first kappa shape index (κ1) is 14.1. The van der Waals surface area contributed by atoms with Crippen molar-refractivity contribution in [3.63, 3.8) is 0 Å². The van der Waals surface area contributed by atoms with Crippen LogP contribution in [0.5, 0.6) is 0 Å². The van der Waals surface area contributed by atoms with E-state index in [9.17, 15) is 4.79 Å². The van der Waals surface area contributed by atoms with Crippen LogP contribution in [0.2, 0.25) is 0 Å². The third kappa shape index (κ3) is 3.18. The summed E-state index contributed by atoms with van der Waals surface area (Å²) in [4.78, 5) is 14.5. The average molecular weight is 268 g/mol. The Hall–Kier alpha value is -2.29. The molecule has 0 atom stereocenters. The van der Waals surface area contributed by atoms with E-state index in [-0.39, 0.29) is 5.91 Å². The Morgan fingerprint density at radius 3 is 2.55 bits per heavy atom. The van der Waals surface area contributed by atoms with Crippen molar-refractivity contribution in [1.29, 1.82) is 0 Å². The summed E-state index contributed by atoms with van der Waals surface area (Å²) in [5.74, 6) is 0.0150. The zero-order chi connectivity index (χ0) is 14.5. The summed E-state index contributed by atoms with van der Waals surface area (Å²) < 4.78 is 0. The number of nitrogen functional groups attached to an aromatic ring is 1. The minimum Gasteiger partial charge on any atom is -0.399 e. The van der Waals surface area contributed by atoms with Crippen molar-refractivity contribution in [3.05, 3.63) is 59.7 Å². The third-order valence-corrected chi connectivity index (χ3v) is 3.14. The summed E-state index contributed by atoms with van der Waals surface area (Å²) in [7, 11) is 0. The number of carbonyl (C=O) groups excluding carboxylic acids is 1. The SMILES string of the molecule is CCCN(C(=O)c1cccc(C)c1)c1cccc(N)c1. The highest BCUT2D eigenvalue weighted by Gasteiger charge is 2.17. The Morgan fingerprint density at radius 1 is 1.15 bits per heavy atom. The molecule has 0 heterocycles. The fourth-order valence-electron chi connectivity index (χ4n) is 2.20. The van der Waals surface area contributed by atoms with E-state index >= 15 is 0 Å². The highest BCUT2D eigenvalue weighted by atomic mass is 16.2. The van der Waals surface area contributed by atoms with E-state index in [1.807, 2.05) is 55.5 Å². The molecular weight excluding hydrogens is 248 g/mol. The molecule has 0 unspecified atom stereocenters. The highest BCUT2D eigenvalue weighted by Crippen LogP contribution is 2.20.